The second-order valence-corrected chi connectivity index (χ2v) is 33.0. The van der Waals surface area contributed by atoms with E-state index in [1.165, 1.54) is 90.7 Å². The Labute approximate surface area is 691 Å². The van der Waals surface area contributed by atoms with E-state index < -0.39 is 82.4 Å². The minimum atomic E-state index is -1.28. The maximum atomic E-state index is 12.5. The normalized spacial score (nSPS) is 18.4. The summed E-state index contributed by atoms with van der Waals surface area (Å²) in [6.07, 6.45) is 5.63. The van der Waals surface area contributed by atoms with Crippen LogP contribution in [0, 0.1) is 0 Å². The zero-order chi connectivity index (χ0) is 81.8. The number of pyridine rings is 1. The Morgan fingerprint density at radius 3 is 1.38 bits per heavy atom. The number of cyclic esters (lactones) is 8. The fourth-order valence-electron chi connectivity index (χ4n) is 10.0. The number of rotatable bonds is 10. The number of Topliss-reactive ketones (excluding diaryl/α,β-unsaturated/α-hetero) is 1. The van der Waals surface area contributed by atoms with Crippen LogP contribution in [0.3, 0.4) is 0 Å². The molecule has 0 radical (unpaired) electrons. The first-order chi connectivity index (χ1) is 51.5. The fourth-order valence-corrected chi connectivity index (χ4v) is 13.9. The number of fused-ring (bicyclic) bond motifs is 1. The molecule has 110 heavy (non-hydrogen) atoms. The number of para-hydroxylation sites is 4. The van der Waals surface area contributed by atoms with Crippen LogP contribution in [0.25, 0.3) is 10.9 Å². The topological polar surface area (TPSA) is 368 Å². The highest BCUT2D eigenvalue weighted by atomic mass is 79.9. The quantitative estimate of drug-likeness (QED) is 0.0147. The second-order valence-electron chi connectivity index (χ2n) is 25.8. The predicted octanol–water partition coefficient (Wildman–Crippen LogP) is 11.8. The number of aromatic nitrogens is 1. The molecular formula is C73H80Br4N6O22S5-2. The molecule has 5 aromatic rings. The highest BCUT2D eigenvalue weighted by Gasteiger charge is 2.44. The van der Waals surface area contributed by atoms with Crippen LogP contribution < -0.4 is 31.8 Å². The fraction of sp³-hybridized carbons (Fsp3) is 0.384. The number of hydrogen-bond acceptors (Lipinski definition) is 32. The Morgan fingerprint density at radius 1 is 0.527 bits per heavy atom. The van der Waals surface area contributed by atoms with Crippen LogP contribution in [0.2, 0.25) is 0 Å². The number of halogens is 4. The van der Waals surface area contributed by atoms with E-state index in [1.54, 1.807) is 38.7 Å². The molecule has 5 N–H and O–H groups in total. The number of thiocarbonyl (C=S) groups is 1. The van der Waals surface area contributed by atoms with Crippen molar-refractivity contribution in [3.8, 4) is 0 Å². The van der Waals surface area contributed by atoms with Crippen molar-refractivity contribution in [2.24, 2.45) is 0 Å². The Morgan fingerprint density at radius 2 is 0.955 bits per heavy atom. The monoisotopic (exact) mass is 1870 g/mol. The zero-order valence-corrected chi connectivity index (χ0v) is 72.2. The van der Waals surface area contributed by atoms with Gasteiger partial charge < -0.3 is 113 Å². The van der Waals surface area contributed by atoms with E-state index in [0.29, 0.717) is 66.4 Å². The number of morpholine rings is 2. The van der Waals surface area contributed by atoms with Gasteiger partial charge in [-0.2, -0.15) is 0 Å². The molecule has 0 bridgehead atoms. The number of esters is 8. The van der Waals surface area contributed by atoms with Crippen molar-refractivity contribution in [3.63, 3.8) is 0 Å². The minimum absolute atomic E-state index is 0.00525. The third-order valence-corrected chi connectivity index (χ3v) is 20.8. The van der Waals surface area contributed by atoms with Gasteiger partial charge >= 0.3 is 47.8 Å². The predicted molar refractivity (Wildman–Crippen MR) is 435 cm³/mol. The lowest BCUT2D eigenvalue weighted by Gasteiger charge is -2.40. The van der Waals surface area contributed by atoms with Crippen LogP contribution in [0.1, 0.15) is 82.1 Å². The number of hydrogen-bond donors (Lipinski definition) is 4. The Bertz CT molecular complexity index is 4400. The van der Waals surface area contributed by atoms with Gasteiger partial charge in [0.1, 0.15) is 29.4 Å². The Kier molecular flexibility index (Phi) is 33.7. The highest BCUT2D eigenvalue weighted by Crippen LogP contribution is 2.36. The van der Waals surface area contributed by atoms with Crippen LogP contribution in [-0.4, -0.2) is 168 Å². The Hall–Kier alpha value is -7.72. The Balaban J connectivity index is 0.000000206. The molecule has 4 aromatic carbocycles. The first kappa shape index (κ1) is 91.2. The van der Waals surface area contributed by atoms with Crippen molar-refractivity contribution in [1.29, 1.82) is 0 Å². The summed E-state index contributed by atoms with van der Waals surface area (Å²) in [5, 5.41) is 18.5. The average Bonchev–Trinajstić information content (AvgIpc) is 0.802. The number of benzene rings is 4. The van der Waals surface area contributed by atoms with Gasteiger partial charge in [-0.3, -0.25) is 14.4 Å². The minimum Gasteiger partial charge on any atom is -0.575 e. The van der Waals surface area contributed by atoms with Crippen LogP contribution in [0.15, 0.2) is 163 Å². The van der Waals surface area contributed by atoms with E-state index >= 15 is 0 Å². The number of nitrogens with zero attached hydrogens (tertiary/aromatic N) is 2. The molecule has 0 amide bonds. The number of anilines is 4. The molecule has 7 aliphatic heterocycles. The van der Waals surface area contributed by atoms with E-state index in [4.69, 9.17) is 57.8 Å². The van der Waals surface area contributed by atoms with Gasteiger partial charge in [0.05, 0.1) is 64.1 Å². The van der Waals surface area contributed by atoms with Crippen molar-refractivity contribution >= 4 is 215 Å². The van der Waals surface area contributed by atoms with Gasteiger partial charge in [-0.1, -0.05) is 42.5 Å². The molecule has 12 rings (SSSR count). The number of carbonyl (C=O) groups excluding carboxylic acids is 9. The summed E-state index contributed by atoms with van der Waals surface area (Å²) in [6, 6.07) is 29.7. The summed E-state index contributed by atoms with van der Waals surface area (Å²) >= 11 is 26.5. The molecule has 6 fully saturated rings. The second kappa shape index (κ2) is 40.7. The summed E-state index contributed by atoms with van der Waals surface area (Å²) in [5.41, 5.74) is 7.40. The molecule has 0 aliphatic carbocycles. The van der Waals surface area contributed by atoms with Crippen molar-refractivity contribution in [2.45, 2.75) is 111 Å². The summed E-state index contributed by atoms with van der Waals surface area (Å²) < 4.78 is 59.6. The molecule has 594 valence electrons. The smallest absolute Gasteiger partial charge is 0.352 e. The zero-order valence-electron chi connectivity index (χ0n) is 61.8. The third-order valence-electron chi connectivity index (χ3n) is 14.8. The number of nitrogen functional groups attached to an aromatic ring is 1. The van der Waals surface area contributed by atoms with Gasteiger partial charge in [0.15, 0.2) is 27.9 Å². The molecule has 0 atom stereocenters. The number of ether oxygens (including phenoxy) is 11. The van der Waals surface area contributed by atoms with Crippen LogP contribution >= 0.6 is 111 Å². The number of thioether (sulfide) groups is 3. The van der Waals surface area contributed by atoms with Crippen LogP contribution in [0.5, 0.6) is 0 Å². The van der Waals surface area contributed by atoms with Crippen molar-refractivity contribution < 1.29 is 100 Å². The van der Waals surface area contributed by atoms with E-state index in [-0.39, 0.29) is 44.1 Å². The number of nitrogens with one attached hydrogen (secondary N) is 3. The third kappa shape index (κ3) is 27.0. The molecule has 7 aliphatic rings. The largest absolute Gasteiger partial charge is 0.575 e. The van der Waals surface area contributed by atoms with Crippen molar-refractivity contribution in [3.05, 3.63) is 169 Å². The van der Waals surface area contributed by atoms with Crippen molar-refractivity contribution in [1.82, 2.24) is 9.88 Å². The number of nitrogens with two attached hydrogens (primary N) is 1. The molecule has 28 nitrogen and oxygen atoms in total. The first-order valence-electron chi connectivity index (χ1n) is 33.0. The van der Waals surface area contributed by atoms with E-state index in [1.807, 2.05) is 95.9 Å². The van der Waals surface area contributed by atoms with E-state index in [0.717, 1.165) is 59.4 Å². The van der Waals surface area contributed by atoms with Crippen LogP contribution in [-0.2, 0) is 108 Å². The molecule has 0 saturated carbocycles. The van der Waals surface area contributed by atoms with Gasteiger partial charge in [-0.25, -0.2) is 33.6 Å². The van der Waals surface area contributed by atoms with E-state index in [2.05, 4.69) is 109 Å². The van der Waals surface area contributed by atoms with Gasteiger partial charge in [-0.05, 0) is 159 Å². The average molecular weight is 1870 g/mol. The lowest BCUT2D eigenvalue weighted by atomic mass is 9.97. The molecule has 1 aromatic heterocycles. The number of ketones is 1. The van der Waals surface area contributed by atoms with E-state index in [9.17, 15) is 53.1 Å². The van der Waals surface area contributed by atoms with Crippen LogP contribution in [0.4, 0.5) is 22.9 Å². The highest BCUT2D eigenvalue weighted by molar-refractivity contribution is 9.11. The number of H-pyrrole nitrogens is 1. The van der Waals surface area contributed by atoms with Gasteiger partial charge in [0.2, 0.25) is 0 Å². The molecular weight excluding hydrogens is 1790 g/mol. The van der Waals surface area contributed by atoms with Crippen molar-refractivity contribution in [2.75, 3.05) is 92.6 Å². The molecule has 0 spiro atoms. The summed E-state index contributed by atoms with van der Waals surface area (Å²) in [5.74, 6) is -9.80. The lowest BCUT2D eigenvalue weighted by Crippen LogP contribution is -2.46. The number of aromatic amines is 1. The standard InChI is InChI=1S/C17H19BrN2O5.C14H14BrNO4S.C13H13BrN2O2.C9H12O4S2.C7H8O4S2.C7H10O3.C6H6BrN/c1-17(2)24-15(21)13(16(22)25-17)14(20-7-9-23-10-8-20)19-12-6-4-3-5-11(12)18;1-14(2)19-12(17)10(13(18)20-14)11(21-3)16-9-7-5-4-6-8(9)15;14-10-3-1-2-9-11(17)8-12(15-13(9)10)16-4-6-18-7-5-16;1-9(2)12-6(10)5(7(11)13-9)8(14-3)15-4;1-7(2)10-4(8)3(6(12)13)5(9)11-7;1-7(2)4-5(8)3-6(9)10-7;7-5-3-1-2-4-6(5)8/h3-6,19H,7-10H2,1-2H3;4-7,16H,1-3H3;1-3,8H,4-7H2,(H,15,17);1-4H3;8H,1-2H3,(H,12,13);3-4H2,1-2H3;1-4H,8H2/p-2. The maximum Gasteiger partial charge on any atom is 0.352 e. The molecule has 8 heterocycles. The first-order valence-corrected chi connectivity index (χ1v) is 40.7. The molecule has 6 saturated heterocycles. The SMILES string of the molecule is CC1(C)CC(=O)CC(=O)O1.CC1(C)OC(=O)C(=C(Nc2ccccc2Br)N2CCOCC2)C(=O)O1.CC1(C)OC(=O)C(C(=S)[S-])=C([O-])O1.CSC(Nc1ccccc1Br)=C1C(=O)OC(C)(C)OC1=O.CSC(SC)=C1C(=O)OC(C)(C)OC1=O.Nc1ccccc1Br.O=c1cc(N2CCOCC2)[nH]c2c(Br)cccc12. The van der Waals surface area contributed by atoms with Gasteiger partial charge in [0, 0.05) is 109 Å². The summed E-state index contributed by atoms with van der Waals surface area (Å²) in [4.78, 5) is 124. The molecule has 0 unspecified atom stereocenters. The maximum absolute atomic E-state index is 12.5. The summed E-state index contributed by atoms with van der Waals surface area (Å²) in [6.45, 7) is 20.6. The van der Waals surface area contributed by atoms with Gasteiger partial charge in [0.25, 0.3) is 17.4 Å². The van der Waals surface area contributed by atoms with Gasteiger partial charge in [-0.15, -0.1) is 39.5 Å². The lowest BCUT2D eigenvalue weighted by molar-refractivity contribution is -0.393. The molecule has 37 heteroatoms. The summed E-state index contributed by atoms with van der Waals surface area (Å²) in [7, 11) is 0. The number of carbonyl (C=O) groups is 9.